The fraction of sp³-hybridized carbons (Fsp3) is 0.185. The van der Waals surface area contributed by atoms with Crippen LogP contribution in [0.2, 0.25) is 0 Å². The lowest BCUT2D eigenvalue weighted by Crippen LogP contribution is -2.40. The highest BCUT2D eigenvalue weighted by Crippen LogP contribution is 2.38. The normalized spacial score (nSPS) is 15.6. The number of nitrogens with one attached hydrogen (secondary N) is 1. The SMILES string of the molecule is C=CC(=O)N1CCCC(n2nc(-c3ccc(NC(=O)c4ccccc4)cc3)c3c(N)ncc(Br)c32)C1. The molecule has 2 aromatic heterocycles. The third kappa shape index (κ3) is 4.49. The van der Waals surface area contributed by atoms with Gasteiger partial charge in [0.15, 0.2) is 0 Å². The molecule has 36 heavy (non-hydrogen) atoms. The summed E-state index contributed by atoms with van der Waals surface area (Å²) in [5.41, 5.74) is 10.00. The minimum atomic E-state index is -0.175. The van der Waals surface area contributed by atoms with Crippen LogP contribution >= 0.6 is 15.9 Å². The van der Waals surface area contributed by atoms with Crippen molar-refractivity contribution in [3.8, 4) is 11.3 Å². The molecular weight excluding hydrogens is 520 g/mol. The molecule has 0 saturated carbocycles. The van der Waals surface area contributed by atoms with Gasteiger partial charge < -0.3 is 16.0 Å². The zero-order valence-electron chi connectivity index (χ0n) is 19.5. The smallest absolute Gasteiger partial charge is 0.255 e. The lowest BCUT2D eigenvalue weighted by Gasteiger charge is -2.32. The number of piperidine rings is 1. The van der Waals surface area contributed by atoms with E-state index in [1.165, 1.54) is 6.08 Å². The van der Waals surface area contributed by atoms with Crippen LogP contribution in [-0.4, -0.2) is 44.6 Å². The van der Waals surface area contributed by atoms with Gasteiger partial charge in [0.05, 0.1) is 21.4 Å². The number of carbonyl (C=O) groups is 2. The van der Waals surface area contributed by atoms with Gasteiger partial charge in [-0.25, -0.2) is 4.98 Å². The molecule has 0 radical (unpaired) electrons. The Hall–Kier alpha value is -3.98. The number of hydrogen-bond donors (Lipinski definition) is 2. The zero-order chi connectivity index (χ0) is 25.2. The van der Waals surface area contributed by atoms with E-state index in [1.807, 2.05) is 47.1 Å². The first-order valence-corrected chi connectivity index (χ1v) is 12.5. The summed E-state index contributed by atoms with van der Waals surface area (Å²) in [6.07, 6.45) is 4.79. The average Bonchev–Trinajstić information content (AvgIpc) is 3.33. The molecule has 1 saturated heterocycles. The summed E-state index contributed by atoms with van der Waals surface area (Å²) in [6, 6.07) is 16.5. The van der Waals surface area contributed by atoms with Crippen LogP contribution in [-0.2, 0) is 4.79 Å². The number of pyridine rings is 1. The third-order valence-corrected chi connectivity index (χ3v) is 6.97. The second-order valence-corrected chi connectivity index (χ2v) is 9.54. The number of anilines is 2. The number of hydrogen-bond acceptors (Lipinski definition) is 5. The van der Waals surface area contributed by atoms with Crippen molar-refractivity contribution in [1.29, 1.82) is 0 Å². The van der Waals surface area contributed by atoms with Crippen molar-refractivity contribution < 1.29 is 9.59 Å². The van der Waals surface area contributed by atoms with Crippen molar-refractivity contribution >= 4 is 50.2 Å². The van der Waals surface area contributed by atoms with E-state index < -0.39 is 0 Å². The predicted molar refractivity (Wildman–Crippen MR) is 145 cm³/mol. The maximum absolute atomic E-state index is 12.5. The Morgan fingerprint density at radius 2 is 1.89 bits per heavy atom. The van der Waals surface area contributed by atoms with E-state index in [-0.39, 0.29) is 17.9 Å². The van der Waals surface area contributed by atoms with Gasteiger partial charge in [-0.15, -0.1) is 0 Å². The van der Waals surface area contributed by atoms with Gasteiger partial charge in [0.1, 0.15) is 11.5 Å². The second-order valence-electron chi connectivity index (χ2n) is 8.69. The molecular formula is C27H25BrN6O2. The molecule has 5 rings (SSSR count). The van der Waals surface area contributed by atoms with E-state index in [4.69, 9.17) is 10.8 Å². The van der Waals surface area contributed by atoms with Crippen LogP contribution in [0.15, 0.2) is 77.9 Å². The molecule has 0 spiro atoms. The molecule has 4 aromatic rings. The average molecular weight is 545 g/mol. The molecule has 3 heterocycles. The third-order valence-electron chi connectivity index (χ3n) is 6.39. The van der Waals surface area contributed by atoms with Crippen molar-refractivity contribution in [2.24, 2.45) is 0 Å². The molecule has 9 heteroatoms. The number of nitrogen functional groups attached to an aromatic ring is 1. The number of fused-ring (bicyclic) bond motifs is 1. The Labute approximate surface area is 216 Å². The first-order chi connectivity index (χ1) is 17.5. The standard InChI is InChI=1S/C27H25BrN6O2/c1-2-22(35)33-14-6-9-20(16-33)34-25-21(28)15-30-26(29)23(25)24(32-34)17-10-12-19(13-11-17)31-27(36)18-7-4-3-5-8-18/h2-5,7-8,10-13,15,20H,1,6,9,14,16H2,(H2,29,30)(H,31,36). The van der Waals surface area contributed by atoms with Gasteiger partial charge >= 0.3 is 0 Å². The van der Waals surface area contributed by atoms with Gasteiger partial charge in [0.25, 0.3) is 5.91 Å². The molecule has 1 fully saturated rings. The Bertz CT molecular complexity index is 1450. The number of aromatic nitrogens is 3. The molecule has 2 amide bonds. The molecule has 1 aliphatic heterocycles. The highest BCUT2D eigenvalue weighted by molar-refractivity contribution is 9.10. The molecule has 0 aliphatic carbocycles. The summed E-state index contributed by atoms with van der Waals surface area (Å²) in [4.78, 5) is 30.9. The van der Waals surface area contributed by atoms with E-state index in [0.717, 1.165) is 33.8 Å². The second kappa shape index (κ2) is 9.94. The van der Waals surface area contributed by atoms with Gasteiger partial charge in [-0.3, -0.25) is 14.3 Å². The van der Waals surface area contributed by atoms with Crippen LogP contribution in [0, 0.1) is 0 Å². The summed E-state index contributed by atoms with van der Waals surface area (Å²) >= 11 is 3.63. The summed E-state index contributed by atoms with van der Waals surface area (Å²) < 4.78 is 2.74. The van der Waals surface area contributed by atoms with Crippen LogP contribution in [0.25, 0.3) is 22.2 Å². The predicted octanol–water partition coefficient (Wildman–Crippen LogP) is 5.04. The van der Waals surface area contributed by atoms with Crippen molar-refractivity contribution in [1.82, 2.24) is 19.7 Å². The van der Waals surface area contributed by atoms with Crippen LogP contribution in [0.1, 0.15) is 29.2 Å². The number of likely N-dealkylation sites (tertiary alicyclic amines) is 1. The summed E-state index contributed by atoms with van der Waals surface area (Å²) in [6.45, 7) is 4.87. The lowest BCUT2D eigenvalue weighted by atomic mass is 10.1. The number of benzene rings is 2. The Morgan fingerprint density at radius 3 is 2.61 bits per heavy atom. The fourth-order valence-corrected chi connectivity index (χ4v) is 5.09. The highest BCUT2D eigenvalue weighted by atomic mass is 79.9. The van der Waals surface area contributed by atoms with E-state index in [0.29, 0.717) is 35.9 Å². The Balaban J connectivity index is 1.50. The van der Waals surface area contributed by atoms with Crippen LogP contribution < -0.4 is 11.1 Å². The van der Waals surface area contributed by atoms with Crippen LogP contribution in [0.5, 0.6) is 0 Å². The number of carbonyl (C=O) groups excluding carboxylic acids is 2. The van der Waals surface area contributed by atoms with Crippen LogP contribution in [0.4, 0.5) is 11.5 Å². The van der Waals surface area contributed by atoms with Gasteiger partial charge in [-0.05, 0) is 59.1 Å². The minimum absolute atomic E-state index is 0.0126. The molecule has 1 unspecified atom stereocenters. The maximum atomic E-state index is 12.5. The van der Waals surface area contributed by atoms with Crippen molar-refractivity contribution in [3.63, 3.8) is 0 Å². The lowest BCUT2D eigenvalue weighted by molar-refractivity contribution is -0.127. The summed E-state index contributed by atoms with van der Waals surface area (Å²) in [5, 5.41) is 8.64. The fourth-order valence-electron chi connectivity index (χ4n) is 4.61. The highest BCUT2D eigenvalue weighted by Gasteiger charge is 2.28. The van der Waals surface area contributed by atoms with Gasteiger partial charge in [0.2, 0.25) is 5.91 Å². The van der Waals surface area contributed by atoms with E-state index in [1.54, 1.807) is 23.2 Å². The van der Waals surface area contributed by atoms with Crippen LogP contribution in [0.3, 0.4) is 0 Å². The van der Waals surface area contributed by atoms with Gasteiger partial charge in [-0.2, -0.15) is 5.10 Å². The van der Waals surface area contributed by atoms with Gasteiger partial charge in [0, 0.05) is 36.1 Å². The van der Waals surface area contributed by atoms with E-state index in [2.05, 4.69) is 32.8 Å². The number of amides is 2. The maximum Gasteiger partial charge on any atom is 0.255 e. The minimum Gasteiger partial charge on any atom is -0.383 e. The topological polar surface area (TPSA) is 106 Å². The first-order valence-electron chi connectivity index (χ1n) is 11.7. The van der Waals surface area contributed by atoms with Crippen molar-refractivity contribution in [2.75, 3.05) is 24.1 Å². The number of rotatable bonds is 5. The molecule has 3 N–H and O–H groups in total. The summed E-state index contributed by atoms with van der Waals surface area (Å²) in [7, 11) is 0. The molecule has 1 aliphatic rings. The zero-order valence-corrected chi connectivity index (χ0v) is 21.1. The molecule has 2 aromatic carbocycles. The number of halogens is 1. The first kappa shape index (κ1) is 23.7. The van der Waals surface area contributed by atoms with Crippen molar-refractivity contribution in [2.45, 2.75) is 18.9 Å². The molecule has 182 valence electrons. The monoisotopic (exact) mass is 544 g/mol. The molecule has 0 bridgehead atoms. The molecule has 8 nitrogen and oxygen atoms in total. The van der Waals surface area contributed by atoms with E-state index in [9.17, 15) is 9.59 Å². The Kier molecular flexibility index (Phi) is 6.56. The van der Waals surface area contributed by atoms with E-state index >= 15 is 0 Å². The quantitative estimate of drug-likeness (QED) is 0.342. The van der Waals surface area contributed by atoms with Gasteiger partial charge in [-0.1, -0.05) is 36.9 Å². The Morgan fingerprint density at radius 1 is 1.14 bits per heavy atom. The van der Waals surface area contributed by atoms with Crippen molar-refractivity contribution in [3.05, 3.63) is 83.5 Å². The summed E-state index contributed by atoms with van der Waals surface area (Å²) in [5.74, 6) is 0.127. The largest absolute Gasteiger partial charge is 0.383 e. The molecule has 1 atom stereocenters. The number of nitrogens with zero attached hydrogens (tertiary/aromatic N) is 4. The number of nitrogens with two attached hydrogens (primary N) is 1.